The predicted octanol–water partition coefficient (Wildman–Crippen LogP) is 1.04. The fraction of sp³-hybridized carbons (Fsp3) is 0.632. The minimum atomic E-state index is 0.677. The van der Waals surface area contributed by atoms with Crippen LogP contribution in [0.1, 0.15) is 11.1 Å². The summed E-state index contributed by atoms with van der Waals surface area (Å²) in [4.78, 5) is 17.8. The Morgan fingerprint density at radius 1 is 0.875 bits per heavy atom. The second-order valence-corrected chi connectivity index (χ2v) is 7.48. The maximum absolute atomic E-state index is 10.9. The third kappa shape index (κ3) is 3.63. The van der Waals surface area contributed by atoms with Crippen molar-refractivity contribution in [1.82, 2.24) is 14.7 Å². The Labute approximate surface area is 144 Å². The zero-order valence-corrected chi connectivity index (χ0v) is 14.3. The molecule has 2 unspecified atom stereocenters. The van der Waals surface area contributed by atoms with E-state index in [9.17, 15) is 4.79 Å². The summed E-state index contributed by atoms with van der Waals surface area (Å²) in [6, 6.07) is 9.11. The van der Waals surface area contributed by atoms with Gasteiger partial charge in [-0.2, -0.15) is 0 Å². The molecule has 130 valence electrons. The molecule has 3 aliphatic rings. The molecule has 5 heteroatoms. The van der Waals surface area contributed by atoms with Crippen molar-refractivity contribution in [2.75, 3.05) is 52.5 Å². The topological polar surface area (TPSA) is 36.0 Å². The molecule has 0 N–H and O–H groups in total. The number of morpholine rings is 1. The molecule has 24 heavy (non-hydrogen) atoms. The molecule has 3 fully saturated rings. The number of nitrogens with zero attached hydrogens (tertiary/aromatic N) is 3. The van der Waals surface area contributed by atoms with E-state index in [1.807, 2.05) is 4.90 Å². The normalized spacial score (nSPS) is 28.2. The predicted molar refractivity (Wildman–Crippen MR) is 92.4 cm³/mol. The molecule has 1 amide bonds. The fourth-order valence-corrected chi connectivity index (χ4v) is 4.37. The van der Waals surface area contributed by atoms with Gasteiger partial charge in [0.25, 0.3) is 0 Å². The second kappa shape index (κ2) is 7.21. The summed E-state index contributed by atoms with van der Waals surface area (Å²) in [7, 11) is 0. The van der Waals surface area contributed by atoms with Gasteiger partial charge in [0.2, 0.25) is 6.41 Å². The molecule has 3 aliphatic heterocycles. The Hall–Kier alpha value is -1.43. The van der Waals surface area contributed by atoms with Gasteiger partial charge >= 0.3 is 0 Å². The first-order chi connectivity index (χ1) is 11.8. The molecule has 3 saturated heterocycles. The maximum atomic E-state index is 10.9. The molecule has 4 rings (SSSR count). The van der Waals surface area contributed by atoms with Crippen LogP contribution < -0.4 is 0 Å². The van der Waals surface area contributed by atoms with Gasteiger partial charge in [0.05, 0.1) is 13.2 Å². The van der Waals surface area contributed by atoms with Gasteiger partial charge in [0.1, 0.15) is 0 Å². The van der Waals surface area contributed by atoms with Crippen LogP contribution in [-0.2, 0) is 22.6 Å². The van der Waals surface area contributed by atoms with Crippen molar-refractivity contribution in [2.45, 2.75) is 13.1 Å². The smallest absolute Gasteiger partial charge is 0.209 e. The summed E-state index contributed by atoms with van der Waals surface area (Å²) in [5.74, 6) is 1.35. The number of fused-ring (bicyclic) bond motifs is 1. The number of carbonyl (C=O) groups excluding carboxylic acids is 1. The number of amides is 1. The van der Waals surface area contributed by atoms with Crippen LogP contribution >= 0.6 is 0 Å². The largest absolute Gasteiger partial charge is 0.379 e. The average molecular weight is 329 g/mol. The quantitative estimate of drug-likeness (QED) is 0.756. The molecule has 0 spiro atoms. The van der Waals surface area contributed by atoms with Gasteiger partial charge in [0.15, 0.2) is 0 Å². The Morgan fingerprint density at radius 2 is 1.42 bits per heavy atom. The number of hydrogen-bond donors (Lipinski definition) is 0. The lowest BCUT2D eigenvalue weighted by Crippen LogP contribution is -2.35. The van der Waals surface area contributed by atoms with Crippen molar-refractivity contribution >= 4 is 6.41 Å². The number of hydrogen-bond acceptors (Lipinski definition) is 4. The number of rotatable bonds is 5. The number of benzene rings is 1. The van der Waals surface area contributed by atoms with Crippen LogP contribution in [0.25, 0.3) is 0 Å². The van der Waals surface area contributed by atoms with Gasteiger partial charge in [-0.05, 0) is 23.0 Å². The monoisotopic (exact) mass is 329 g/mol. The standard InChI is InChI=1S/C19H27N3O2/c23-15-22-13-18-11-21(12-19(18)14-22)10-17-3-1-16(2-4-17)9-20-5-7-24-8-6-20/h1-4,15,18-19H,5-14H2. The molecule has 2 atom stereocenters. The molecule has 1 aromatic rings. The van der Waals surface area contributed by atoms with E-state index in [2.05, 4.69) is 34.1 Å². The van der Waals surface area contributed by atoms with E-state index < -0.39 is 0 Å². The van der Waals surface area contributed by atoms with Crippen LogP contribution in [0.5, 0.6) is 0 Å². The Bertz CT molecular complexity index is 542. The Morgan fingerprint density at radius 3 is 1.96 bits per heavy atom. The Balaban J connectivity index is 1.28. The first-order valence-corrected chi connectivity index (χ1v) is 9.10. The zero-order valence-electron chi connectivity index (χ0n) is 14.3. The molecular weight excluding hydrogens is 302 g/mol. The lowest BCUT2D eigenvalue weighted by atomic mass is 10.0. The second-order valence-electron chi connectivity index (χ2n) is 7.48. The lowest BCUT2D eigenvalue weighted by molar-refractivity contribution is -0.117. The van der Waals surface area contributed by atoms with Crippen LogP contribution in [0.4, 0.5) is 0 Å². The van der Waals surface area contributed by atoms with Crippen molar-refractivity contribution in [3.05, 3.63) is 35.4 Å². The van der Waals surface area contributed by atoms with Crippen molar-refractivity contribution in [3.63, 3.8) is 0 Å². The number of ether oxygens (including phenoxy) is 1. The van der Waals surface area contributed by atoms with Gasteiger partial charge < -0.3 is 9.64 Å². The highest BCUT2D eigenvalue weighted by Gasteiger charge is 2.39. The van der Waals surface area contributed by atoms with Gasteiger partial charge in [-0.25, -0.2) is 0 Å². The van der Waals surface area contributed by atoms with Crippen molar-refractivity contribution in [3.8, 4) is 0 Å². The van der Waals surface area contributed by atoms with Crippen LogP contribution in [0.15, 0.2) is 24.3 Å². The van der Waals surface area contributed by atoms with Crippen molar-refractivity contribution < 1.29 is 9.53 Å². The van der Waals surface area contributed by atoms with Crippen molar-refractivity contribution in [1.29, 1.82) is 0 Å². The van der Waals surface area contributed by atoms with E-state index >= 15 is 0 Å². The third-order valence-corrected chi connectivity index (χ3v) is 5.68. The minimum absolute atomic E-state index is 0.677. The van der Waals surface area contributed by atoms with E-state index in [1.165, 1.54) is 11.1 Å². The first kappa shape index (κ1) is 16.1. The first-order valence-electron chi connectivity index (χ1n) is 9.10. The molecule has 0 radical (unpaired) electrons. The summed E-state index contributed by atoms with van der Waals surface area (Å²) in [5.41, 5.74) is 2.79. The molecule has 0 saturated carbocycles. The molecule has 3 heterocycles. The van der Waals surface area contributed by atoms with Crippen LogP contribution in [0, 0.1) is 11.8 Å². The molecule has 5 nitrogen and oxygen atoms in total. The zero-order chi connectivity index (χ0) is 16.4. The third-order valence-electron chi connectivity index (χ3n) is 5.68. The summed E-state index contributed by atoms with van der Waals surface area (Å²) in [6.45, 7) is 10.0. The molecule has 0 aromatic heterocycles. The van der Waals surface area contributed by atoms with Gasteiger partial charge in [0, 0.05) is 52.4 Å². The Kier molecular flexibility index (Phi) is 4.83. The highest BCUT2D eigenvalue weighted by Crippen LogP contribution is 2.31. The number of carbonyl (C=O) groups is 1. The van der Waals surface area contributed by atoms with Crippen molar-refractivity contribution in [2.24, 2.45) is 11.8 Å². The summed E-state index contributed by atoms with van der Waals surface area (Å²) in [6.07, 6.45) is 1.01. The van der Waals surface area contributed by atoms with Crippen LogP contribution in [0.3, 0.4) is 0 Å². The average Bonchev–Trinajstić information content (AvgIpc) is 3.15. The van der Waals surface area contributed by atoms with E-state index in [1.54, 1.807) is 0 Å². The highest BCUT2D eigenvalue weighted by atomic mass is 16.5. The van der Waals surface area contributed by atoms with E-state index in [0.29, 0.717) is 11.8 Å². The summed E-state index contributed by atoms with van der Waals surface area (Å²) >= 11 is 0. The van der Waals surface area contributed by atoms with E-state index in [0.717, 1.165) is 72.0 Å². The minimum Gasteiger partial charge on any atom is -0.379 e. The molecule has 0 bridgehead atoms. The fourth-order valence-electron chi connectivity index (χ4n) is 4.37. The van der Waals surface area contributed by atoms with E-state index in [4.69, 9.17) is 4.74 Å². The van der Waals surface area contributed by atoms with E-state index in [-0.39, 0.29) is 0 Å². The summed E-state index contributed by atoms with van der Waals surface area (Å²) in [5, 5.41) is 0. The maximum Gasteiger partial charge on any atom is 0.209 e. The van der Waals surface area contributed by atoms with Crippen LogP contribution in [0.2, 0.25) is 0 Å². The van der Waals surface area contributed by atoms with Gasteiger partial charge in [-0.3, -0.25) is 14.6 Å². The molecule has 1 aromatic carbocycles. The molecular formula is C19H27N3O2. The number of likely N-dealkylation sites (tertiary alicyclic amines) is 2. The summed E-state index contributed by atoms with van der Waals surface area (Å²) < 4.78 is 5.41. The lowest BCUT2D eigenvalue weighted by Gasteiger charge is -2.26. The van der Waals surface area contributed by atoms with Gasteiger partial charge in [-0.1, -0.05) is 24.3 Å². The van der Waals surface area contributed by atoms with Crippen LogP contribution in [-0.4, -0.2) is 73.6 Å². The van der Waals surface area contributed by atoms with Gasteiger partial charge in [-0.15, -0.1) is 0 Å². The highest BCUT2D eigenvalue weighted by molar-refractivity contribution is 5.47. The molecule has 0 aliphatic carbocycles. The SMILES string of the molecule is O=CN1CC2CN(Cc3ccc(CN4CCOCC4)cc3)CC2C1.